The molecule has 1 aliphatic rings. The van der Waals surface area contributed by atoms with E-state index in [4.69, 9.17) is 0 Å². The number of rotatable bonds is 4. The molecule has 0 saturated heterocycles. The van der Waals surface area contributed by atoms with Crippen LogP contribution >= 0.6 is 0 Å². The number of fused-ring (bicyclic) bond motifs is 1. The number of anilines is 2. The summed E-state index contributed by atoms with van der Waals surface area (Å²) < 4.78 is 26.5. The summed E-state index contributed by atoms with van der Waals surface area (Å²) in [5.74, 6) is -0.868. The maximum atomic E-state index is 12.7. The monoisotopic (exact) mass is 347 g/mol. The molecular formula is C15H13N3O5S. The van der Waals surface area contributed by atoms with E-state index in [0.717, 1.165) is 4.31 Å². The van der Waals surface area contributed by atoms with Crippen molar-refractivity contribution in [2.24, 2.45) is 0 Å². The van der Waals surface area contributed by atoms with Crippen LogP contribution in [0.1, 0.15) is 5.56 Å². The smallest absolute Gasteiger partial charge is 0.269 e. The van der Waals surface area contributed by atoms with Gasteiger partial charge in [-0.15, -0.1) is 0 Å². The van der Waals surface area contributed by atoms with Crippen molar-refractivity contribution >= 4 is 33.0 Å². The van der Waals surface area contributed by atoms with Crippen molar-refractivity contribution in [1.82, 2.24) is 0 Å². The van der Waals surface area contributed by atoms with E-state index in [-0.39, 0.29) is 17.8 Å². The fourth-order valence-electron chi connectivity index (χ4n) is 2.50. The van der Waals surface area contributed by atoms with E-state index in [1.165, 1.54) is 24.3 Å². The zero-order valence-corrected chi connectivity index (χ0v) is 13.2. The second-order valence-electron chi connectivity index (χ2n) is 5.26. The van der Waals surface area contributed by atoms with Gasteiger partial charge in [0.2, 0.25) is 15.9 Å². The molecule has 0 spiro atoms. The molecule has 0 unspecified atom stereocenters. The SMILES string of the molecule is O=C1CN(S(=O)(=O)Cc2cccc([N+](=O)[O-])c2)c2ccccc2N1. The molecule has 8 nitrogen and oxygen atoms in total. The quantitative estimate of drug-likeness (QED) is 0.671. The highest BCUT2D eigenvalue weighted by atomic mass is 32.2. The summed E-state index contributed by atoms with van der Waals surface area (Å²) in [6.07, 6.45) is 0. The number of carbonyl (C=O) groups is 1. The lowest BCUT2D eigenvalue weighted by molar-refractivity contribution is -0.384. The zero-order valence-electron chi connectivity index (χ0n) is 12.4. The Bertz CT molecular complexity index is 926. The minimum Gasteiger partial charge on any atom is -0.323 e. The van der Waals surface area contributed by atoms with Gasteiger partial charge in [-0.1, -0.05) is 24.3 Å². The average molecular weight is 347 g/mol. The molecule has 124 valence electrons. The van der Waals surface area contributed by atoms with Gasteiger partial charge < -0.3 is 5.32 Å². The molecule has 0 bridgehead atoms. The van der Waals surface area contributed by atoms with Crippen molar-refractivity contribution in [3.8, 4) is 0 Å². The highest BCUT2D eigenvalue weighted by Crippen LogP contribution is 2.32. The second kappa shape index (κ2) is 5.93. The standard InChI is InChI=1S/C15H13N3O5S/c19-15-9-17(14-7-2-1-6-13(14)16-15)24(22,23)10-11-4-3-5-12(8-11)18(20)21/h1-8H,9-10H2,(H,16,19). The summed E-state index contributed by atoms with van der Waals surface area (Å²) in [7, 11) is -3.88. The Morgan fingerprint density at radius 1 is 1.17 bits per heavy atom. The van der Waals surface area contributed by atoms with Crippen molar-refractivity contribution in [3.63, 3.8) is 0 Å². The third-order valence-corrected chi connectivity index (χ3v) is 5.24. The summed E-state index contributed by atoms with van der Waals surface area (Å²) in [5.41, 5.74) is 0.894. The molecule has 1 aliphatic heterocycles. The van der Waals surface area contributed by atoms with Gasteiger partial charge in [0.15, 0.2) is 0 Å². The number of sulfonamides is 1. The molecule has 2 aromatic rings. The van der Waals surface area contributed by atoms with Crippen molar-refractivity contribution in [2.45, 2.75) is 5.75 Å². The molecule has 1 N–H and O–H groups in total. The highest BCUT2D eigenvalue weighted by molar-refractivity contribution is 7.92. The molecule has 9 heteroatoms. The van der Waals surface area contributed by atoms with Gasteiger partial charge in [-0.05, 0) is 17.7 Å². The number of nitro benzene ring substituents is 1. The number of hydrogen-bond acceptors (Lipinski definition) is 5. The molecule has 3 rings (SSSR count). The molecule has 2 aromatic carbocycles. The molecule has 0 aliphatic carbocycles. The Balaban J connectivity index is 1.95. The van der Waals surface area contributed by atoms with Crippen molar-refractivity contribution < 1.29 is 18.1 Å². The fraction of sp³-hybridized carbons (Fsp3) is 0.133. The molecule has 0 aromatic heterocycles. The molecule has 1 amide bonds. The predicted molar refractivity (Wildman–Crippen MR) is 88.1 cm³/mol. The molecular weight excluding hydrogens is 334 g/mol. The third-order valence-electron chi connectivity index (χ3n) is 3.54. The van der Waals surface area contributed by atoms with Gasteiger partial charge in [-0.2, -0.15) is 0 Å². The van der Waals surface area contributed by atoms with Crippen LogP contribution in [0.25, 0.3) is 0 Å². The molecule has 0 radical (unpaired) electrons. The van der Waals surface area contributed by atoms with E-state index >= 15 is 0 Å². The molecule has 0 fully saturated rings. The van der Waals surface area contributed by atoms with Gasteiger partial charge in [-0.3, -0.25) is 19.2 Å². The number of nitro groups is 1. The fourth-order valence-corrected chi connectivity index (χ4v) is 4.03. The van der Waals surface area contributed by atoms with Gasteiger partial charge in [-0.25, -0.2) is 8.42 Å². The van der Waals surface area contributed by atoms with Crippen LogP contribution in [0.5, 0.6) is 0 Å². The number of nitrogens with zero attached hydrogens (tertiary/aromatic N) is 2. The first-order chi connectivity index (χ1) is 11.4. The maximum Gasteiger partial charge on any atom is 0.269 e. The number of non-ortho nitro benzene ring substituents is 1. The number of nitrogens with one attached hydrogen (secondary N) is 1. The van der Waals surface area contributed by atoms with E-state index < -0.39 is 26.6 Å². The van der Waals surface area contributed by atoms with Gasteiger partial charge in [0.25, 0.3) is 5.69 Å². The first kappa shape index (κ1) is 15.9. The predicted octanol–water partition coefficient (Wildman–Crippen LogP) is 1.88. The van der Waals surface area contributed by atoms with E-state index in [9.17, 15) is 23.3 Å². The Morgan fingerprint density at radius 3 is 2.67 bits per heavy atom. The van der Waals surface area contributed by atoms with Crippen LogP contribution in [-0.2, 0) is 20.6 Å². The van der Waals surface area contributed by atoms with E-state index in [1.807, 2.05) is 0 Å². The number of carbonyl (C=O) groups excluding carboxylic acids is 1. The summed E-state index contributed by atoms with van der Waals surface area (Å²) in [4.78, 5) is 22.0. The Labute approximate surface area is 137 Å². The second-order valence-corrected chi connectivity index (χ2v) is 7.15. The summed E-state index contributed by atoms with van der Waals surface area (Å²) in [6, 6.07) is 12.0. The largest absolute Gasteiger partial charge is 0.323 e. The van der Waals surface area contributed by atoms with Crippen molar-refractivity contribution in [2.75, 3.05) is 16.2 Å². The van der Waals surface area contributed by atoms with Gasteiger partial charge in [0.1, 0.15) is 6.54 Å². The number of amides is 1. The van der Waals surface area contributed by atoms with Crippen LogP contribution in [0.3, 0.4) is 0 Å². The van der Waals surface area contributed by atoms with Gasteiger partial charge in [0, 0.05) is 12.1 Å². The summed E-state index contributed by atoms with van der Waals surface area (Å²) >= 11 is 0. The summed E-state index contributed by atoms with van der Waals surface area (Å²) in [6.45, 7) is -0.325. The lowest BCUT2D eigenvalue weighted by atomic mass is 10.2. The summed E-state index contributed by atoms with van der Waals surface area (Å²) in [5, 5.41) is 13.4. The zero-order chi connectivity index (χ0) is 17.3. The first-order valence-electron chi connectivity index (χ1n) is 6.99. The van der Waals surface area contributed by atoms with Crippen LogP contribution in [0, 0.1) is 10.1 Å². The van der Waals surface area contributed by atoms with Crippen molar-refractivity contribution in [1.29, 1.82) is 0 Å². The van der Waals surface area contributed by atoms with E-state index in [2.05, 4.69) is 5.32 Å². The van der Waals surface area contributed by atoms with E-state index in [1.54, 1.807) is 24.3 Å². The average Bonchev–Trinajstić information content (AvgIpc) is 2.53. The van der Waals surface area contributed by atoms with Crippen LogP contribution in [0.2, 0.25) is 0 Å². The van der Waals surface area contributed by atoms with Crippen LogP contribution in [0.15, 0.2) is 48.5 Å². The first-order valence-corrected chi connectivity index (χ1v) is 8.60. The lowest BCUT2D eigenvalue weighted by Gasteiger charge is -2.30. The van der Waals surface area contributed by atoms with Crippen molar-refractivity contribution in [3.05, 3.63) is 64.2 Å². The maximum absolute atomic E-state index is 12.7. The molecule has 0 atom stereocenters. The van der Waals surface area contributed by atoms with Gasteiger partial charge >= 0.3 is 0 Å². The lowest BCUT2D eigenvalue weighted by Crippen LogP contribution is -2.42. The number of benzene rings is 2. The minimum absolute atomic E-state index is 0.181. The van der Waals surface area contributed by atoms with Crippen LogP contribution in [0.4, 0.5) is 17.1 Å². The molecule has 24 heavy (non-hydrogen) atoms. The van der Waals surface area contributed by atoms with Crippen LogP contribution < -0.4 is 9.62 Å². The number of hydrogen-bond donors (Lipinski definition) is 1. The normalized spacial score (nSPS) is 14.0. The number of para-hydroxylation sites is 2. The van der Waals surface area contributed by atoms with E-state index in [0.29, 0.717) is 11.4 Å². The molecule has 0 saturated carbocycles. The minimum atomic E-state index is -3.88. The Kier molecular flexibility index (Phi) is 3.94. The highest BCUT2D eigenvalue weighted by Gasteiger charge is 2.31. The third kappa shape index (κ3) is 3.06. The topological polar surface area (TPSA) is 110 Å². The Hall–Kier alpha value is -2.94. The van der Waals surface area contributed by atoms with Gasteiger partial charge in [0.05, 0.1) is 22.1 Å². The van der Waals surface area contributed by atoms with Crippen LogP contribution in [-0.4, -0.2) is 25.8 Å². The molecule has 1 heterocycles. The Morgan fingerprint density at radius 2 is 1.92 bits per heavy atom.